The molecule has 36 heavy (non-hydrogen) atoms. The van der Waals surface area contributed by atoms with Gasteiger partial charge in [-0.1, -0.05) is 54.1 Å². The molecule has 3 aromatic carbocycles. The van der Waals surface area contributed by atoms with E-state index in [0.717, 1.165) is 67.7 Å². The third kappa shape index (κ3) is 4.60. The number of benzene rings is 3. The lowest BCUT2D eigenvalue weighted by Crippen LogP contribution is -2.07. The first-order valence-corrected chi connectivity index (χ1v) is 12.1. The molecule has 7 heteroatoms. The van der Waals surface area contributed by atoms with Crippen molar-refractivity contribution in [3.05, 3.63) is 95.4 Å². The molecule has 182 valence electrons. The number of fused-ring (bicyclic) bond motifs is 1. The highest BCUT2D eigenvalue weighted by molar-refractivity contribution is 6.31. The zero-order valence-corrected chi connectivity index (χ0v) is 21.2. The summed E-state index contributed by atoms with van der Waals surface area (Å²) in [6, 6.07) is 22.3. The van der Waals surface area contributed by atoms with Crippen molar-refractivity contribution in [1.82, 2.24) is 14.5 Å². The smallest absolute Gasteiger partial charge is 0.160 e. The molecule has 6 nitrogen and oxygen atoms in total. The second kappa shape index (κ2) is 10.3. The Kier molecular flexibility index (Phi) is 6.78. The molecule has 0 bridgehead atoms. The van der Waals surface area contributed by atoms with Crippen LogP contribution in [-0.4, -0.2) is 35.3 Å². The minimum Gasteiger partial charge on any atom is -0.493 e. The first-order valence-electron chi connectivity index (χ1n) is 11.7. The highest BCUT2D eigenvalue weighted by Gasteiger charge is 2.17. The van der Waals surface area contributed by atoms with E-state index in [-0.39, 0.29) is 0 Å². The van der Waals surface area contributed by atoms with E-state index in [0.29, 0.717) is 6.54 Å². The predicted octanol–water partition coefficient (Wildman–Crippen LogP) is 6.72. The number of methoxy groups -OCH3 is 2. The molecule has 0 saturated heterocycles. The van der Waals surface area contributed by atoms with Crippen molar-refractivity contribution in [3.63, 3.8) is 0 Å². The number of nitrogens with zero attached hydrogens (tertiary/aromatic N) is 3. The summed E-state index contributed by atoms with van der Waals surface area (Å²) in [4.78, 5) is 9.28. The summed E-state index contributed by atoms with van der Waals surface area (Å²) in [5, 5.41) is 5.22. The number of hydrogen-bond donors (Lipinski definition) is 1. The minimum atomic E-state index is 0.692. The van der Waals surface area contributed by atoms with Crippen LogP contribution in [0.5, 0.6) is 11.5 Å². The van der Waals surface area contributed by atoms with Gasteiger partial charge < -0.3 is 19.4 Å². The first kappa shape index (κ1) is 23.7. The highest BCUT2D eigenvalue weighted by atomic mass is 35.5. The first-order chi connectivity index (χ1) is 17.6. The monoisotopic (exact) mass is 498 g/mol. The number of halogens is 1. The van der Waals surface area contributed by atoms with E-state index in [1.54, 1.807) is 20.5 Å². The lowest BCUT2D eigenvalue weighted by molar-refractivity contribution is 0.354. The maximum atomic E-state index is 6.46. The summed E-state index contributed by atoms with van der Waals surface area (Å²) in [7, 11) is 3.29. The van der Waals surface area contributed by atoms with Crippen molar-refractivity contribution in [2.75, 3.05) is 26.1 Å². The number of aryl methyl sites for hydroxylation is 1. The highest BCUT2D eigenvalue weighted by Crippen LogP contribution is 2.36. The third-order valence-corrected chi connectivity index (χ3v) is 6.66. The molecule has 0 aliphatic rings. The maximum Gasteiger partial charge on any atom is 0.160 e. The van der Waals surface area contributed by atoms with Crippen molar-refractivity contribution >= 4 is 28.5 Å². The molecular weight excluding hydrogens is 472 g/mol. The summed E-state index contributed by atoms with van der Waals surface area (Å²) < 4.78 is 12.9. The average Bonchev–Trinajstić information content (AvgIpc) is 3.31. The summed E-state index contributed by atoms with van der Waals surface area (Å²) in [5.74, 6) is 2.23. The fourth-order valence-electron chi connectivity index (χ4n) is 4.32. The Balaban J connectivity index is 1.52. The number of nitrogens with one attached hydrogen (secondary N) is 1. The zero-order chi connectivity index (χ0) is 25.1. The van der Waals surface area contributed by atoms with Gasteiger partial charge in [0.15, 0.2) is 17.1 Å². The maximum absolute atomic E-state index is 6.46. The van der Waals surface area contributed by atoms with Crippen LogP contribution < -0.4 is 14.8 Å². The summed E-state index contributed by atoms with van der Waals surface area (Å²) in [5.41, 5.74) is 6.09. The molecule has 0 saturated carbocycles. The van der Waals surface area contributed by atoms with Crippen LogP contribution in [0.2, 0.25) is 5.02 Å². The molecule has 0 spiro atoms. The second-order valence-corrected chi connectivity index (χ2v) is 8.91. The molecule has 2 aromatic heterocycles. The molecular formula is C29H27ClN4O2. The average molecular weight is 499 g/mol. The van der Waals surface area contributed by atoms with E-state index < -0.39 is 0 Å². The van der Waals surface area contributed by atoms with Gasteiger partial charge in [0.1, 0.15) is 12.1 Å². The van der Waals surface area contributed by atoms with Crippen molar-refractivity contribution in [2.45, 2.75) is 13.3 Å². The molecule has 0 fully saturated rings. The van der Waals surface area contributed by atoms with Crippen molar-refractivity contribution in [1.29, 1.82) is 0 Å². The third-order valence-electron chi connectivity index (χ3n) is 6.26. The Hall–Kier alpha value is -4.03. The standard InChI is InChI=1S/C29H27ClN4O2/c1-19-9-11-22(16-24(19)30)34-17-23(21-7-5-4-6-8-21)27-28(32-18-33-29(27)34)31-14-13-20-10-12-25(35-2)26(15-20)36-3/h4-12,15-18H,13-14H2,1-3H3,(H,31,32,33). The number of hydrogen-bond acceptors (Lipinski definition) is 5. The van der Waals surface area contributed by atoms with Crippen LogP contribution in [0.4, 0.5) is 5.82 Å². The van der Waals surface area contributed by atoms with E-state index in [1.807, 2.05) is 55.5 Å². The van der Waals surface area contributed by atoms with Gasteiger partial charge in [-0.05, 0) is 54.3 Å². The fourth-order valence-corrected chi connectivity index (χ4v) is 4.50. The van der Waals surface area contributed by atoms with E-state index >= 15 is 0 Å². The van der Waals surface area contributed by atoms with E-state index in [9.17, 15) is 0 Å². The van der Waals surface area contributed by atoms with Gasteiger partial charge in [0.2, 0.25) is 0 Å². The Morgan fingerprint density at radius 2 is 1.72 bits per heavy atom. The lowest BCUT2D eigenvalue weighted by atomic mass is 10.1. The normalized spacial score (nSPS) is 11.0. The van der Waals surface area contributed by atoms with Gasteiger partial charge in [-0.15, -0.1) is 0 Å². The van der Waals surface area contributed by atoms with Crippen LogP contribution in [0.15, 0.2) is 79.3 Å². The Morgan fingerprint density at radius 3 is 2.47 bits per heavy atom. The fraction of sp³-hybridized carbons (Fsp3) is 0.172. The summed E-state index contributed by atoms with van der Waals surface area (Å²) in [6.07, 6.45) is 4.50. The lowest BCUT2D eigenvalue weighted by Gasteiger charge is -2.11. The molecule has 0 aliphatic heterocycles. The minimum absolute atomic E-state index is 0.692. The van der Waals surface area contributed by atoms with Crippen LogP contribution in [0, 0.1) is 6.92 Å². The van der Waals surface area contributed by atoms with Gasteiger partial charge in [0.25, 0.3) is 0 Å². The second-order valence-electron chi connectivity index (χ2n) is 8.50. The van der Waals surface area contributed by atoms with Crippen LogP contribution >= 0.6 is 11.6 Å². The molecule has 0 unspecified atom stereocenters. The molecule has 2 heterocycles. The van der Waals surface area contributed by atoms with Gasteiger partial charge in [-0.2, -0.15) is 0 Å². The topological polar surface area (TPSA) is 61.2 Å². The van der Waals surface area contributed by atoms with Crippen LogP contribution in [-0.2, 0) is 6.42 Å². The quantitative estimate of drug-likeness (QED) is 0.257. The van der Waals surface area contributed by atoms with Crippen molar-refractivity contribution in [3.8, 4) is 28.3 Å². The zero-order valence-electron chi connectivity index (χ0n) is 20.5. The van der Waals surface area contributed by atoms with Crippen LogP contribution in [0.3, 0.4) is 0 Å². The van der Waals surface area contributed by atoms with Gasteiger partial charge in [0.05, 0.1) is 19.6 Å². The summed E-state index contributed by atoms with van der Waals surface area (Å²) >= 11 is 6.46. The molecule has 5 aromatic rings. The summed E-state index contributed by atoms with van der Waals surface area (Å²) in [6.45, 7) is 2.69. The molecule has 0 aliphatic carbocycles. The number of anilines is 1. The molecule has 1 N–H and O–H groups in total. The Bertz CT molecular complexity index is 1520. The largest absolute Gasteiger partial charge is 0.493 e. The van der Waals surface area contributed by atoms with Gasteiger partial charge in [-0.25, -0.2) is 9.97 Å². The molecule has 0 radical (unpaired) electrons. The van der Waals surface area contributed by atoms with E-state index in [4.69, 9.17) is 21.1 Å². The Labute approximate surface area is 215 Å². The molecule has 5 rings (SSSR count). The number of ether oxygens (including phenoxy) is 2. The van der Waals surface area contributed by atoms with E-state index in [1.165, 1.54) is 0 Å². The van der Waals surface area contributed by atoms with Gasteiger partial charge in [-0.3, -0.25) is 0 Å². The molecule has 0 atom stereocenters. The SMILES string of the molecule is COc1ccc(CCNc2ncnc3c2c(-c2ccccc2)cn3-c2ccc(C)c(Cl)c2)cc1OC. The van der Waals surface area contributed by atoms with Gasteiger partial charge >= 0.3 is 0 Å². The number of aromatic nitrogens is 3. The molecule has 0 amide bonds. The number of rotatable bonds is 8. The van der Waals surface area contributed by atoms with Crippen LogP contribution in [0.1, 0.15) is 11.1 Å². The Morgan fingerprint density at radius 1 is 0.917 bits per heavy atom. The van der Waals surface area contributed by atoms with Crippen LogP contribution in [0.25, 0.3) is 27.8 Å². The van der Waals surface area contributed by atoms with Gasteiger partial charge in [0, 0.05) is 29.0 Å². The predicted molar refractivity (Wildman–Crippen MR) is 146 cm³/mol. The van der Waals surface area contributed by atoms with Crippen molar-refractivity contribution in [2.24, 2.45) is 0 Å². The van der Waals surface area contributed by atoms with Crippen molar-refractivity contribution < 1.29 is 9.47 Å². The van der Waals surface area contributed by atoms with E-state index in [2.05, 4.69) is 44.2 Å².